The van der Waals surface area contributed by atoms with Gasteiger partial charge in [-0.3, -0.25) is 0 Å². The van der Waals surface area contributed by atoms with Crippen LogP contribution in [-0.4, -0.2) is 31.9 Å². The van der Waals surface area contributed by atoms with Gasteiger partial charge >= 0.3 is 0 Å². The van der Waals surface area contributed by atoms with Gasteiger partial charge in [-0.05, 0) is 43.5 Å². The van der Waals surface area contributed by atoms with Crippen molar-refractivity contribution in [1.29, 1.82) is 5.26 Å². The predicted octanol–water partition coefficient (Wildman–Crippen LogP) is 1.37. The van der Waals surface area contributed by atoms with Gasteiger partial charge < -0.3 is 5.73 Å². The number of nitrogens with two attached hydrogens (primary N) is 1. The van der Waals surface area contributed by atoms with E-state index in [9.17, 15) is 8.42 Å². The van der Waals surface area contributed by atoms with E-state index in [4.69, 9.17) is 11.0 Å². The second-order valence-corrected chi connectivity index (χ2v) is 6.98. The molecule has 0 aliphatic carbocycles. The third-order valence-electron chi connectivity index (χ3n) is 3.77. The summed E-state index contributed by atoms with van der Waals surface area (Å²) in [6.07, 6.45) is 2.69. The molecule has 0 aromatic heterocycles. The van der Waals surface area contributed by atoms with Crippen LogP contribution < -0.4 is 5.73 Å². The SMILES string of the molecule is Cc1cc(S(=O)(=O)N2CCCCC2CN)ccc1C#N. The Morgan fingerprint density at radius 3 is 2.80 bits per heavy atom. The van der Waals surface area contributed by atoms with E-state index in [1.165, 1.54) is 10.4 Å². The van der Waals surface area contributed by atoms with Gasteiger partial charge in [-0.2, -0.15) is 9.57 Å². The number of benzene rings is 1. The molecule has 1 aromatic rings. The zero-order chi connectivity index (χ0) is 14.8. The van der Waals surface area contributed by atoms with Gasteiger partial charge in [0.2, 0.25) is 10.0 Å². The molecule has 0 spiro atoms. The van der Waals surface area contributed by atoms with Crippen LogP contribution in [0.25, 0.3) is 0 Å². The molecule has 0 amide bonds. The van der Waals surface area contributed by atoms with Crippen molar-refractivity contribution in [3.8, 4) is 6.07 Å². The van der Waals surface area contributed by atoms with Crippen LogP contribution in [0.4, 0.5) is 0 Å². The Bertz CT molecular complexity index is 634. The minimum absolute atomic E-state index is 0.121. The first-order valence-corrected chi connectivity index (χ1v) is 8.17. The second-order valence-electron chi connectivity index (χ2n) is 5.09. The van der Waals surface area contributed by atoms with Crippen molar-refractivity contribution in [2.45, 2.75) is 37.1 Å². The van der Waals surface area contributed by atoms with Crippen LogP contribution in [0.1, 0.15) is 30.4 Å². The van der Waals surface area contributed by atoms with Crippen molar-refractivity contribution in [3.05, 3.63) is 29.3 Å². The van der Waals surface area contributed by atoms with E-state index in [-0.39, 0.29) is 10.9 Å². The lowest BCUT2D eigenvalue weighted by molar-refractivity contribution is 0.257. The fourth-order valence-electron chi connectivity index (χ4n) is 2.58. The monoisotopic (exact) mass is 293 g/mol. The van der Waals surface area contributed by atoms with Gasteiger partial charge in [-0.25, -0.2) is 8.42 Å². The lowest BCUT2D eigenvalue weighted by Crippen LogP contribution is -2.47. The molecule has 5 nitrogen and oxygen atoms in total. The Labute approximate surface area is 120 Å². The van der Waals surface area contributed by atoms with Crippen LogP contribution in [0, 0.1) is 18.3 Å². The summed E-state index contributed by atoms with van der Waals surface area (Å²) in [6, 6.07) is 6.55. The van der Waals surface area contributed by atoms with E-state index < -0.39 is 10.0 Å². The molecule has 1 aliphatic rings. The summed E-state index contributed by atoms with van der Waals surface area (Å²) in [6.45, 7) is 2.60. The van der Waals surface area contributed by atoms with Crippen molar-refractivity contribution >= 4 is 10.0 Å². The van der Waals surface area contributed by atoms with E-state index >= 15 is 0 Å². The van der Waals surface area contributed by atoms with Crippen molar-refractivity contribution in [1.82, 2.24) is 4.31 Å². The smallest absolute Gasteiger partial charge is 0.243 e. The third kappa shape index (κ3) is 2.70. The van der Waals surface area contributed by atoms with Crippen LogP contribution in [0.5, 0.6) is 0 Å². The quantitative estimate of drug-likeness (QED) is 0.911. The highest BCUT2D eigenvalue weighted by Crippen LogP contribution is 2.26. The summed E-state index contributed by atoms with van der Waals surface area (Å²) in [7, 11) is -3.53. The van der Waals surface area contributed by atoms with Crippen LogP contribution in [-0.2, 0) is 10.0 Å². The Morgan fingerprint density at radius 2 is 2.20 bits per heavy atom. The number of sulfonamides is 1. The molecule has 20 heavy (non-hydrogen) atoms. The molecule has 1 atom stereocenters. The molecule has 108 valence electrons. The van der Waals surface area contributed by atoms with E-state index in [1.54, 1.807) is 19.1 Å². The number of nitriles is 1. The number of hydrogen-bond donors (Lipinski definition) is 1. The van der Waals surface area contributed by atoms with Gasteiger partial charge in [-0.15, -0.1) is 0 Å². The maximum atomic E-state index is 12.7. The highest BCUT2D eigenvalue weighted by Gasteiger charge is 2.32. The van der Waals surface area contributed by atoms with E-state index in [0.29, 0.717) is 24.2 Å². The summed E-state index contributed by atoms with van der Waals surface area (Å²) in [4.78, 5) is 0.245. The molecule has 1 aromatic carbocycles. The topological polar surface area (TPSA) is 87.2 Å². The number of nitrogens with zero attached hydrogens (tertiary/aromatic N) is 2. The van der Waals surface area contributed by atoms with E-state index in [2.05, 4.69) is 0 Å². The average molecular weight is 293 g/mol. The Morgan fingerprint density at radius 1 is 1.45 bits per heavy atom. The van der Waals surface area contributed by atoms with Crippen LogP contribution in [0.3, 0.4) is 0 Å². The minimum Gasteiger partial charge on any atom is -0.329 e. The maximum absolute atomic E-state index is 12.7. The first kappa shape index (κ1) is 15.0. The third-order valence-corrected chi connectivity index (χ3v) is 5.72. The van der Waals surface area contributed by atoms with Crippen molar-refractivity contribution in [3.63, 3.8) is 0 Å². The van der Waals surface area contributed by atoms with E-state index in [0.717, 1.165) is 19.3 Å². The lowest BCUT2D eigenvalue weighted by Gasteiger charge is -2.33. The molecule has 1 fully saturated rings. The molecule has 2 N–H and O–H groups in total. The number of aryl methyl sites for hydroxylation is 1. The van der Waals surface area contributed by atoms with Crippen molar-refractivity contribution < 1.29 is 8.42 Å². The van der Waals surface area contributed by atoms with Crippen molar-refractivity contribution in [2.75, 3.05) is 13.1 Å². The van der Waals surface area contributed by atoms with Gasteiger partial charge in [0, 0.05) is 19.1 Å². The fraction of sp³-hybridized carbons (Fsp3) is 0.500. The van der Waals surface area contributed by atoms with Crippen LogP contribution in [0.2, 0.25) is 0 Å². The van der Waals surface area contributed by atoms with Crippen LogP contribution >= 0.6 is 0 Å². The first-order valence-electron chi connectivity index (χ1n) is 6.73. The Kier molecular flexibility index (Phi) is 4.43. The molecule has 1 unspecified atom stereocenters. The second kappa shape index (κ2) is 5.92. The number of piperidine rings is 1. The van der Waals surface area contributed by atoms with Gasteiger partial charge in [0.25, 0.3) is 0 Å². The standard InChI is InChI=1S/C14H19N3O2S/c1-11-8-14(6-5-12(11)9-15)20(18,19)17-7-3-2-4-13(17)10-16/h5-6,8,13H,2-4,7,10,16H2,1H3. The molecule has 1 aliphatic heterocycles. The molecule has 0 saturated carbocycles. The molecule has 1 heterocycles. The summed E-state index contributed by atoms with van der Waals surface area (Å²) >= 11 is 0. The Hall–Kier alpha value is -1.42. The number of hydrogen-bond acceptors (Lipinski definition) is 4. The fourth-order valence-corrected chi connectivity index (χ4v) is 4.37. The molecule has 0 radical (unpaired) electrons. The van der Waals surface area contributed by atoms with Crippen molar-refractivity contribution in [2.24, 2.45) is 5.73 Å². The zero-order valence-electron chi connectivity index (χ0n) is 11.5. The molecule has 0 bridgehead atoms. The summed E-state index contributed by atoms with van der Waals surface area (Å²) in [5.41, 5.74) is 6.87. The molecular formula is C14H19N3O2S. The predicted molar refractivity (Wildman–Crippen MR) is 76.5 cm³/mol. The highest BCUT2D eigenvalue weighted by molar-refractivity contribution is 7.89. The molecule has 1 saturated heterocycles. The number of rotatable bonds is 3. The lowest BCUT2D eigenvalue weighted by atomic mass is 10.1. The van der Waals surface area contributed by atoms with Crippen LogP contribution in [0.15, 0.2) is 23.1 Å². The largest absolute Gasteiger partial charge is 0.329 e. The normalized spacial score (nSPS) is 20.6. The summed E-state index contributed by atoms with van der Waals surface area (Å²) in [5, 5.41) is 8.91. The minimum atomic E-state index is -3.53. The summed E-state index contributed by atoms with van der Waals surface area (Å²) < 4.78 is 26.9. The molecular weight excluding hydrogens is 274 g/mol. The average Bonchev–Trinajstić information content (AvgIpc) is 2.47. The molecule has 2 rings (SSSR count). The maximum Gasteiger partial charge on any atom is 0.243 e. The van der Waals surface area contributed by atoms with Gasteiger partial charge in [-0.1, -0.05) is 6.42 Å². The van der Waals surface area contributed by atoms with Gasteiger partial charge in [0.05, 0.1) is 16.5 Å². The van der Waals surface area contributed by atoms with E-state index in [1.807, 2.05) is 6.07 Å². The Balaban J connectivity index is 2.39. The van der Waals surface area contributed by atoms with Gasteiger partial charge in [0.15, 0.2) is 0 Å². The summed E-state index contributed by atoms with van der Waals surface area (Å²) in [5.74, 6) is 0. The highest BCUT2D eigenvalue weighted by atomic mass is 32.2. The zero-order valence-corrected chi connectivity index (χ0v) is 12.4. The van der Waals surface area contributed by atoms with Gasteiger partial charge in [0.1, 0.15) is 0 Å². The first-order chi connectivity index (χ1) is 9.50. The molecule has 6 heteroatoms.